The maximum Gasteiger partial charge on any atom is 0.326 e. The van der Waals surface area contributed by atoms with E-state index in [0.29, 0.717) is 38.0 Å². The highest BCUT2D eigenvalue weighted by molar-refractivity contribution is 7.98. The molecule has 10 nitrogen and oxygen atoms in total. The molecule has 0 radical (unpaired) electrons. The maximum absolute atomic E-state index is 12.8. The van der Waals surface area contributed by atoms with E-state index in [1.165, 1.54) is 16.7 Å². The third-order valence-electron chi connectivity index (χ3n) is 5.97. The van der Waals surface area contributed by atoms with Crippen LogP contribution in [0.15, 0.2) is 30.5 Å². The Balaban J connectivity index is 1.57. The molecule has 0 bridgehead atoms. The van der Waals surface area contributed by atoms with E-state index in [-0.39, 0.29) is 6.54 Å². The van der Waals surface area contributed by atoms with Gasteiger partial charge in [-0.1, -0.05) is 18.2 Å². The van der Waals surface area contributed by atoms with Crippen molar-refractivity contribution in [2.45, 2.75) is 43.8 Å². The van der Waals surface area contributed by atoms with Crippen LogP contribution in [0.3, 0.4) is 0 Å². The van der Waals surface area contributed by atoms with Crippen molar-refractivity contribution in [2.75, 3.05) is 25.1 Å². The van der Waals surface area contributed by atoms with E-state index < -0.39 is 41.8 Å². The lowest BCUT2D eigenvalue weighted by Gasteiger charge is -2.23. The lowest BCUT2D eigenvalue weighted by atomic mass is 10.0. The summed E-state index contributed by atoms with van der Waals surface area (Å²) in [6, 6.07) is 5.15. The molecule has 11 heteroatoms. The van der Waals surface area contributed by atoms with Gasteiger partial charge >= 0.3 is 5.97 Å². The first-order valence-electron chi connectivity index (χ1n) is 11.2. The van der Waals surface area contributed by atoms with Crippen LogP contribution in [0.1, 0.15) is 24.8 Å². The normalized spacial score (nSPS) is 17.4. The molecule has 1 fully saturated rings. The summed E-state index contributed by atoms with van der Waals surface area (Å²) >= 11 is 1.53. The minimum atomic E-state index is -1.05. The monoisotopic (exact) mass is 489 g/mol. The number of amides is 3. The lowest BCUT2D eigenvalue weighted by molar-refractivity contribution is -0.148. The topological polar surface area (TPSA) is 158 Å². The number of carboxylic acid groups (broad SMARTS) is 1. The van der Waals surface area contributed by atoms with Crippen LogP contribution in [0, 0.1) is 0 Å². The molecule has 1 saturated heterocycles. The second-order valence-electron chi connectivity index (χ2n) is 8.31. The van der Waals surface area contributed by atoms with Gasteiger partial charge in [-0.05, 0) is 49.3 Å². The van der Waals surface area contributed by atoms with Crippen LogP contribution in [0.2, 0.25) is 0 Å². The van der Waals surface area contributed by atoms with Gasteiger partial charge in [-0.2, -0.15) is 11.8 Å². The van der Waals surface area contributed by atoms with Gasteiger partial charge in [0.25, 0.3) is 0 Å². The van der Waals surface area contributed by atoms with Crippen molar-refractivity contribution >= 4 is 46.4 Å². The van der Waals surface area contributed by atoms with Gasteiger partial charge in [0.05, 0.1) is 12.6 Å². The molecule has 184 valence electrons. The number of nitrogens with zero attached hydrogens (tertiary/aromatic N) is 1. The van der Waals surface area contributed by atoms with Crippen molar-refractivity contribution in [3.63, 3.8) is 0 Å². The molecule has 2 heterocycles. The van der Waals surface area contributed by atoms with Crippen LogP contribution >= 0.6 is 11.8 Å². The average molecular weight is 490 g/mol. The molecular weight excluding hydrogens is 458 g/mol. The van der Waals surface area contributed by atoms with Gasteiger partial charge in [-0.25, -0.2) is 4.79 Å². The minimum absolute atomic E-state index is 0.302. The zero-order valence-electron chi connectivity index (χ0n) is 19.1. The van der Waals surface area contributed by atoms with Crippen molar-refractivity contribution in [1.29, 1.82) is 0 Å². The molecule has 34 heavy (non-hydrogen) atoms. The molecule has 0 aliphatic carbocycles. The number of para-hydroxylation sites is 1. The number of carboxylic acids is 1. The molecule has 1 aromatic carbocycles. The summed E-state index contributed by atoms with van der Waals surface area (Å²) in [6.07, 6.45) is 5.39. The number of nitrogens with two attached hydrogens (primary N) is 1. The second kappa shape index (κ2) is 11.9. The Labute approximate surface area is 202 Å². The van der Waals surface area contributed by atoms with Crippen molar-refractivity contribution < 1.29 is 24.3 Å². The molecule has 6 N–H and O–H groups in total. The Bertz CT molecular complexity index is 1040. The first-order valence-corrected chi connectivity index (χ1v) is 12.6. The predicted octanol–water partition coefficient (Wildman–Crippen LogP) is 0.467. The van der Waals surface area contributed by atoms with E-state index in [4.69, 9.17) is 5.73 Å². The molecule has 3 rings (SSSR count). The Morgan fingerprint density at radius 1 is 1.26 bits per heavy atom. The highest BCUT2D eigenvalue weighted by Crippen LogP contribution is 2.19. The quantitative estimate of drug-likeness (QED) is 0.307. The molecule has 3 atom stereocenters. The van der Waals surface area contributed by atoms with Gasteiger partial charge in [-0.3, -0.25) is 14.4 Å². The summed E-state index contributed by atoms with van der Waals surface area (Å²) in [5, 5.41) is 15.5. The number of likely N-dealkylation sites (tertiary alicyclic amines) is 1. The maximum atomic E-state index is 12.8. The first-order chi connectivity index (χ1) is 16.3. The van der Waals surface area contributed by atoms with E-state index in [9.17, 15) is 24.3 Å². The largest absolute Gasteiger partial charge is 0.480 e. The SMILES string of the molecule is CSCCC(NC(=O)C(N)Cc1c[nH]c2ccccc12)C(=O)NCC(=O)N1CCCC1C(=O)O. The number of fused-ring (bicyclic) bond motifs is 1. The number of rotatable bonds is 11. The van der Waals surface area contributed by atoms with Gasteiger partial charge in [0.15, 0.2) is 0 Å². The van der Waals surface area contributed by atoms with Crippen LogP contribution in [-0.2, 0) is 25.6 Å². The van der Waals surface area contributed by atoms with Crippen molar-refractivity contribution in [2.24, 2.45) is 5.73 Å². The Kier molecular flexibility index (Phi) is 8.94. The van der Waals surface area contributed by atoms with Crippen LogP contribution in [0.4, 0.5) is 0 Å². The molecule has 0 spiro atoms. The van der Waals surface area contributed by atoms with Crippen LogP contribution in [-0.4, -0.2) is 81.9 Å². The van der Waals surface area contributed by atoms with Crippen LogP contribution in [0.5, 0.6) is 0 Å². The molecule has 1 aliphatic rings. The summed E-state index contributed by atoms with van der Waals surface area (Å²) in [4.78, 5) is 53.7. The summed E-state index contributed by atoms with van der Waals surface area (Å²) in [5.74, 6) is -1.84. The van der Waals surface area contributed by atoms with Crippen molar-refractivity contribution in [1.82, 2.24) is 20.5 Å². The number of carbonyl (C=O) groups excluding carboxylic acids is 3. The van der Waals surface area contributed by atoms with E-state index in [0.717, 1.165) is 16.5 Å². The number of aliphatic carboxylic acids is 1. The number of benzene rings is 1. The number of nitrogens with one attached hydrogen (secondary N) is 3. The number of hydrogen-bond acceptors (Lipinski definition) is 6. The number of H-pyrrole nitrogens is 1. The van der Waals surface area contributed by atoms with Crippen LogP contribution in [0.25, 0.3) is 10.9 Å². The molecular formula is C23H31N5O5S. The summed E-state index contributed by atoms with van der Waals surface area (Å²) in [7, 11) is 0. The number of thioether (sulfide) groups is 1. The summed E-state index contributed by atoms with van der Waals surface area (Å²) in [5.41, 5.74) is 8.01. The van der Waals surface area contributed by atoms with E-state index in [1.54, 1.807) is 0 Å². The summed E-state index contributed by atoms with van der Waals surface area (Å²) in [6.45, 7) is 0.0244. The average Bonchev–Trinajstić information content (AvgIpc) is 3.47. The first kappa shape index (κ1) is 25.6. The molecule has 1 aromatic heterocycles. The van der Waals surface area contributed by atoms with Gasteiger partial charge in [0, 0.05) is 23.6 Å². The second-order valence-corrected chi connectivity index (χ2v) is 9.30. The fourth-order valence-electron chi connectivity index (χ4n) is 4.12. The molecule has 0 saturated carbocycles. The van der Waals surface area contributed by atoms with E-state index in [2.05, 4.69) is 15.6 Å². The fourth-order valence-corrected chi connectivity index (χ4v) is 4.59. The molecule has 3 unspecified atom stereocenters. The Morgan fingerprint density at radius 2 is 2.03 bits per heavy atom. The molecule has 2 aromatic rings. The number of aromatic amines is 1. The Morgan fingerprint density at radius 3 is 2.76 bits per heavy atom. The standard InChI is InChI=1S/C23H31N5O5S/c1-34-10-8-18(22(31)26-13-20(29)28-9-4-7-19(28)23(32)33)27-21(30)16(24)11-14-12-25-17-6-3-2-5-15(14)17/h2-3,5-6,12,16,18-19,25H,4,7-11,13,24H2,1H3,(H,26,31)(H,27,30)(H,32,33). The zero-order valence-corrected chi connectivity index (χ0v) is 19.9. The van der Waals surface area contributed by atoms with Gasteiger partial charge in [0.2, 0.25) is 17.7 Å². The molecule has 1 aliphatic heterocycles. The highest BCUT2D eigenvalue weighted by Gasteiger charge is 2.34. The molecule has 3 amide bonds. The van der Waals surface area contributed by atoms with Gasteiger partial charge in [-0.15, -0.1) is 0 Å². The van der Waals surface area contributed by atoms with Crippen molar-refractivity contribution in [3.8, 4) is 0 Å². The number of aromatic nitrogens is 1. The fraction of sp³-hybridized carbons (Fsp3) is 0.478. The minimum Gasteiger partial charge on any atom is -0.480 e. The number of hydrogen-bond donors (Lipinski definition) is 5. The van der Waals surface area contributed by atoms with E-state index >= 15 is 0 Å². The highest BCUT2D eigenvalue weighted by atomic mass is 32.2. The van der Waals surface area contributed by atoms with Crippen LogP contribution < -0.4 is 16.4 Å². The zero-order chi connectivity index (χ0) is 24.7. The van der Waals surface area contributed by atoms with Gasteiger partial charge in [0.1, 0.15) is 12.1 Å². The Hall–Kier alpha value is -3.05. The lowest BCUT2D eigenvalue weighted by Crippen LogP contribution is -2.54. The number of carbonyl (C=O) groups is 4. The van der Waals surface area contributed by atoms with Gasteiger partial charge < -0.3 is 31.4 Å². The third kappa shape index (κ3) is 6.29. The predicted molar refractivity (Wildman–Crippen MR) is 130 cm³/mol. The summed E-state index contributed by atoms with van der Waals surface area (Å²) < 4.78 is 0. The van der Waals surface area contributed by atoms with Crippen molar-refractivity contribution in [3.05, 3.63) is 36.0 Å². The van der Waals surface area contributed by atoms with E-state index in [1.807, 2.05) is 36.7 Å². The smallest absolute Gasteiger partial charge is 0.326 e. The third-order valence-corrected chi connectivity index (χ3v) is 6.61.